The number of nitrogens with one attached hydrogen (secondary N) is 1. The molecule has 0 spiro atoms. The van der Waals surface area contributed by atoms with Crippen molar-refractivity contribution in [1.29, 1.82) is 0 Å². The van der Waals surface area contributed by atoms with Gasteiger partial charge in [0.1, 0.15) is 5.82 Å². The second-order valence-electron chi connectivity index (χ2n) is 6.26. The first-order valence-electron chi connectivity index (χ1n) is 7.85. The van der Waals surface area contributed by atoms with Crippen LogP contribution >= 0.6 is 0 Å². The van der Waals surface area contributed by atoms with Crippen LogP contribution in [0.2, 0.25) is 0 Å². The van der Waals surface area contributed by atoms with Gasteiger partial charge in [-0.15, -0.1) is 0 Å². The number of hydrogen-bond donors (Lipinski definition) is 1. The molecule has 1 aliphatic heterocycles. The van der Waals surface area contributed by atoms with E-state index >= 15 is 0 Å². The summed E-state index contributed by atoms with van der Waals surface area (Å²) < 4.78 is 13.8. The van der Waals surface area contributed by atoms with Crippen molar-refractivity contribution >= 4 is 0 Å². The zero-order chi connectivity index (χ0) is 14.4. The van der Waals surface area contributed by atoms with Crippen molar-refractivity contribution in [3.05, 3.63) is 35.6 Å². The van der Waals surface area contributed by atoms with E-state index in [4.69, 9.17) is 0 Å². The SMILES string of the molecule is CC(C)CNCC1CCCCN1Cc1ccccc1F. The highest BCUT2D eigenvalue weighted by Gasteiger charge is 2.22. The molecule has 1 aromatic rings. The first-order valence-corrected chi connectivity index (χ1v) is 7.85. The Morgan fingerprint density at radius 1 is 1.30 bits per heavy atom. The quantitative estimate of drug-likeness (QED) is 0.857. The average Bonchev–Trinajstić information content (AvgIpc) is 2.43. The van der Waals surface area contributed by atoms with Crippen LogP contribution in [0.5, 0.6) is 0 Å². The maximum Gasteiger partial charge on any atom is 0.127 e. The second kappa shape index (κ2) is 7.75. The van der Waals surface area contributed by atoms with Crippen LogP contribution in [-0.2, 0) is 6.54 Å². The largest absolute Gasteiger partial charge is 0.315 e. The van der Waals surface area contributed by atoms with Crippen LogP contribution in [0.15, 0.2) is 24.3 Å². The molecule has 0 aliphatic carbocycles. The summed E-state index contributed by atoms with van der Waals surface area (Å²) in [7, 11) is 0. The zero-order valence-electron chi connectivity index (χ0n) is 12.7. The Bertz CT molecular complexity index is 406. The van der Waals surface area contributed by atoms with Gasteiger partial charge in [0.25, 0.3) is 0 Å². The van der Waals surface area contributed by atoms with Crippen LogP contribution < -0.4 is 5.32 Å². The molecule has 1 atom stereocenters. The van der Waals surface area contributed by atoms with Crippen LogP contribution in [0.25, 0.3) is 0 Å². The highest BCUT2D eigenvalue weighted by Crippen LogP contribution is 2.20. The van der Waals surface area contributed by atoms with E-state index in [2.05, 4.69) is 24.1 Å². The van der Waals surface area contributed by atoms with E-state index in [-0.39, 0.29) is 5.82 Å². The van der Waals surface area contributed by atoms with E-state index in [1.807, 2.05) is 12.1 Å². The molecule has 0 radical (unpaired) electrons. The summed E-state index contributed by atoms with van der Waals surface area (Å²) in [5.41, 5.74) is 0.822. The smallest absolute Gasteiger partial charge is 0.127 e. The summed E-state index contributed by atoms with van der Waals surface area (Å²) in [5, 5.41) is 3.55. The number of likely N-dealkylation sites (tertiary alicyclic amines) is 1. The molecule has 1 N–H and O–H groups in total. The lowest BCUT2D eigenvalue weighted by atomic mass is 10.0. The Morgan fingerprint density at radius 2 is 2.10 bits per heavy atom. The monoisotopic (exact) mass is 278 g/mol. The lowest BCUT2D eigenvalue weighted by Crippen LogP contribution is -2.45. The van der Waals surface area contributed by atoms with E-state index in [9.17, 15) is 4.39 Å². The normalized spacial score (nSPS) is 20.5. The summed E-state index contributed by atoms with van der Waals surface area (Å²) in [6, 6.07) is 7.70. The van der Waals surface area contributed by atoms with Crippen molar-refractivity contribution < 1.29 is 4.39 Å². The number of rotatable bonds is 6. The summed E-state index contributed by atoms with van der Waals surface area (Å²) in [4.78, 5) is 2.44. The number of piperidine rings is 1. The molecule has 0 bridgehead atoms. The van der Waals surface area contributed by atoms with Gasteiger partial charge in [0.05, 0.1) is 0 Å². The van der Waals surface area contributed by atoms with Crippen LogP contribution in [0.4, 0.5) is 4.39 Å². The molecule has 1 saturated heterocycles. The third-order valence-electron chi connectivity index (χ3n) is 4.01. The fourth-order valence-electron chi connectivity index (χ4n) is 2.88. The molecule has 1 aromatic carbocycles. The molecule has 112 valence electrons. The number of halogens is 1. The number of benzene rings is 1. The molecular weight excluding hydrogens is 251 g/mol. The molecular formula is C17H27FN2. The van der Waals surface area contributed by atoms with Gasteiger partial charge < -0.3 is 5.32 Å². The fourth-order valence-corrected chi connectivity index (χ4v) is 2.88. The van der Waals surface area contributed by atoms with Gasteiger partial charge in [-0.3, -0.25) is 4.90 Å². The summed E-state index contributed by atoms with van der Waals surface area (Å²) in [6.45, 7) is 8.36. The van der Waals surface area contributed by atoms with Crippen molar-refractivity contribution in [3.8, 4) is 0 Å². The Balaban J connectivity index is 1.91. The Morgan fingerprint density at radius 3 is 2.85 bits per heavy atom. The van der Waals surface area contributed by atoms with Crippen molar-refractivity contribution in [1.82, 2.24) is 10.2 Å². The van der Waals surface area contributed by atoms with Crippen LogP contribution in [0.3, 0.4) is 0 Å². The van der Waals surface area contributed by atoms with Crippen LogP contribution in [0.1, 0.15) is 38.7 Å². The predicted octanol–water partition coefficient (Wildman–Crippen LogP) is 3.43. The summed E-state index contributed by atoms with van der Waals surface area (Å²) >= 11 is 0. The average molecular weight is 278 g/mol. The maximum atomic E-state index is 13.8. The Kier molecular flexibility index (Phi) is 5.99. The van der Waals surface area contributed by atoms with Gasteiger partial charge in [-0.2, -0.15) is 0 Å². The predicted molar refractivity (Wildman–Crippen MR) is 82.2 cm³/mol. The van der Waals surface area contributed by atoms with Crippen LogP contribution in [-0.4, -0.2) is 30.6 Å². The minimum Gasteiger partial charge on any atom is -0.315 e. The summed E-state index contributed by atoms with van der Waals surface area (Å²) in [5.74, 6) is 0.602. The standard InChI is InChI=1S/C17H27FN2/c1-14(2)11-19-12-16-8-5-6-10-20(16)13-15-7-3-4-9-17(15)18/h3-4,7,9,14,16,19H,5-6,8,10-13H2,1-2H3. The number of nitrogens with zero attached hydrogens (tertiary/aromatic N) is 1. The second-order valence-corrected chi connectivity index (χ2v) is 6.26. The van der Waals surface area contributed by atoms with E-state index in [1.165, 1.54) is 19.3 Å². The molecule has 2 nitrogen and oxygen atoms in total. The topological polar surface area (TPSA) is 15.3 Å². The van der Waals surface area contributed by atoms with Gasteiger partial charge in [-0.05, 0) is 37.9 Å². The molecule has 1 unspecified atom stereocenters. The first-order chi connectivity index (χ1) is 9.66. The molecule has 20 heavy (non-hydrogen) atoms. The first kappa shape index (κ1) is 15.5. The third kappa shape index (κ3) is 4.57. The van der Waals surface area contributed by atoms with Gasteiger partial charge >= 0.3 is 0 Å². The van der Waals surface area contributed by atoms with Gasteiger partial charge in [-0.25, -0.2) is 4.39 Å². The van der Waals surface area contributed by atoms with Gasteiger partial charge in [0, 0.05) is 24.7 Å². The van der Waals surface area contributed by atoms with E-state index in [1.54, 1.807) is 12.1 Å². The third-order valence-corrected chi connectivity index (χ3v) is 4.01. The van der Waals surface area contributed by atoms with Gasteiger partial charge in [0.15, 0.2) is 0 Å². The molecule has 2 rings (SSSR count). The van der Waals surface area contributed by atoms with E-state index in [0.717, 1.165) is 31.7 Å². The van der Waals surface area contributed by atoms with Gasteiger partial charge in [0.2, 0.25) is 0 Å². The minimum absolute atomic E-state index is 0.0769. The molecule has 0 aromatic heterocycles. The number of hydrogen-bond acceptors (Lipinski definition) is 2. The molecule has 0 amide bonds. The van der Waals surface area contributed by atoms with Crippen molar-refractivity contribution in [2.45, 2.75) is 45.7 Å². The van der Waals surface area contributed by atoms with Crippen molar-refractivity contribution in [2.75, 3.05) is 19.6 Å². The molecule has 1 heterocycles. The van der Waals surface area contributed by atoms with Gasteiger partial charge in [-0.1, -0.05) is 38.5 Å². The van der Waals surface area contributed by atoms with E-state index < -0.39 is 0 Å². The minimum atomic E-state index is -0.0769. The lowest BCUT2D eigenvalue weighted by molar-refractivity contribution is 0.135. The molecule has 1 fully saturated rings. The fraction of sp³-hybridized carbons (Fsp3) is 0.647. The van der Waals surface area contributed by atoms with Crippen molar-refractivity contribution in [3.63, 3.8) is 0 Å². The molecule has 1 aliphatic rings. The van der Waals surface area contributed by atoms with E-state index in [0.29, 0.717) is 12.0 Å². The van der Waals surface area contributed by atoms with Crippen molar-refractivity contribution in [2.24, 2.45) is 5.92 Å². The molecule has 0 saturated carbocycles. The maximum absolute atomic E-state index is 13.8. The lowest BCUT2D eigenvalue weighted by Gasteiger charge is -2.36. The Hall–Kier alpha value is -0.930. The Labute approximate surface area is 122 Å². The molecule has 3 heteroatoms. The summed E-state index contributed by atoms with van der Waals surface area (Å²) in [6.07, 6.45) is 3.75. The zero-order valence-corrected chi connectivity index (χ0v) is 12.7. The highest BCUT2D eigenvalue weighted by molar-refractivity contribution is 5.17. The highest BCUT2D eigenvalue weighted by atomic mass is 19.1. The van der Waals surface area contributed by atoms with Crippen LogP contribution in [0, 0.1) is 11.7 Å².